The van der Waals surface area contributed by atoms with Crippen LogP contribution in [0, 0.1) is 5.82 Å². The van der Waals surface area contributed by atoms with E-state index in [0.717, 1.165) is 0 Å². The Morgan fingerprint density at radius 3 is 1.59 bits per heavy atom. The van der Waals surface area contributed by atoms with Gasteiger partial charge in [-0.3, -0.25) is 4.79 Å². The summed E-state index contributed by atoms with van der Waals surface area (Å²) in [5.74, 6) is -2.72. The highest BCUT2D eigenvalue weighted by Crippen LogP contribution is 2.36. The highest BCUT2D eigenvalue weighted by atomic mass is 19.4. The molecule has 0 spiro atoms. The Bertz CT molecular complexity index is 880. The molecule has 0 fully saturated rings. The van der Waals surface area contributed by atoms with Crippen LogP contribution < -0.4 is 5.32 Å². The molecule has 0 heterocycles. The van der Waals surface area contributed by atoms with Gasteiger partial charge in [-0.05, 0) is 42.0 Å². The molecule has 0 unspecified atom stereocenters. The second-order valence-electron chi connectivity index (χ2n) is 5.82. The molecule has 158 valence electrons. The maximum absolute atomic E-state index is 13.3. The summed E-state index contributed by atoms with van der Waals surface area (Å²) in [4.78, 5) is 11.9. The average molecular weight is 433 g/mol. The summed E-state index contributed by atoms with van der Waals surface area (Å²) in [6.07, 6.45) is -15.2. The monoisotopic (exact) mass is 433 g/mol. The van der Waals surface area contributed by atoms with Gasteiger partial charge in [0.05, 0.1) is 16.7 Å². The highest BCUT2D eigenvalue weighted by Gasteiger charge is 2.37. The Kier molecular flexibility index (Phi) is 5.87. The summed E-state index contributed by atoms with van der Waals surface area (Å²) in [6.45, 7) is -0.871. The molecule has 12 heteroatoms. The number of hydrogen-bond acceptors (Lipinski definition) is 1. The number of hydrogen-bond donors (Lipinski definition) is 1. The van der Waals surface area contributed by atoms with Crippen molar-refractivity contribution in [2.75, 3.05) is 0 Å². The van der Waals surface area contributed by atoms with Crippen LogP contribution in [0.3, 0.4) is 0 Å². The number of rotatable bonds is 3. The topological polar surface area (TPSA) is 29.1 Å². The maximum Gasteiger partial charge on any atom is 0.416 e. The molecule has 0 atom stereocenters. The van der Waals surface area contributed by atoms with Crippen LogP contribution >= 0.6 is 0 Å². The van der Waals surface area contributed by atoms with E-state index in [-0.39, 0.29) is 12.1 Å². The van der Waals surface area contributed by atoms with E-state index in [2.05, 4.69) is 0 Å². The average Bonchev–Trinajstić information content (AvgIpc) is 2.56. The smallest absolute Gasteiger partial charge is 0.348 e. The molecule has 0 aromatic heterocycles. The van der Waals surface area contributed by atoms with Gasteiger partial charge in [0.25, 0.3) is 5.91 Å². The number of amides is 1. The number of benzene rings is 2. The lowest BCUT2D eigenvalue weighted by atomic mass is 10.0. The zero-order valence-electron chi connectivity index (χ0n) is 13.9. The molecule has 0 radical (unpaired) electrons. The van der Waals surface area contributed by atoms with E-state index in [0.29, 0.717) is 24.3 Å². The van der Waals surface area contributed by atoms with Crippen LogP contribution in [0.25, 0.3) is 0 Å². The minimum Gasteiger partial charge on any atom is -0.348 e. The number of carbonyl (C=O) groups excluding carboxylic acids is 1. The van der Waals surface area contributed by atoms with Gasteiger partial charge >= 0.3 is 18.5 Å². The Morgan fingerprint density at radius 1 is 0.690 bits per heavy atom. The first-order valence-corrected chi connectivity index (χ1v) is 7.52. The van der Waals surface area contributed by atoms with Crippen LogP contribution in [0.5, 0.6) is 0 Å². The quantitative estimate of drug-likeness (QED) is 0.608. The van der Waals surface area contributed by atoms with Crippen LogP contribution in [-0.2, 0) is 25.1 Å². The fourth-order valence-electron chi connectivity index (χ4n) is 2.29. The number of carbonyl (C=O) groups is 1. The van der Waals surface area contributed by atoms with Crippen molar-refractivity contribution in [3.05, 3.63) is 70.0 Å². The molecule has 1 amide bonds. The Labute approximate surface area is 156 Å². The summed E-state index contributed by atoms with van der Waals surface area (Å²) in [5.41, 5.74) is -6.14. The van der Waals surface area contributed by atoms with E-state index in [1.54, 1.807) is 0 Å². The van der Waals surface area contributed by atoms with Gasteiger partial charge in [-0.2, -0.15) is 39.5 Å². The highest BCUT2D eigenvalue weighted by molar-refractivity contribution is 5.94. The first-order chi connectivity index (χ1) is 13.1. The Hall–Kier alpha value is -2.79. The van der Waals surface area contributed by atoms with Gasteiger partial charge in [-0.15, -0.1) is 0 Å². The largest absolute Gasteiger partial charge is 0.416 e. The predicted octanol–water partition coefficient (Wildman–Crippen LogP) is 5.81. The lowest BCUT2D eigenvalue weighted by Gasteiger charge is -2.15. The van der Waals surface area contributed by atoms with Crippen LogP contribution in [-0.4, -0.2) is 5.91 Å². The molecule has 2 nitrogen and oxygen atoms in total. The molecule has 2 rings (SSSR count). The number of halogens is 10. The van der Waals surface area contributed by atoms with Crippen molar-refractivity contribution in [3.8, 4) is 0 Å². The summed E-state index contributed by atoms with van der Waals surface area (Å²) in [6, 6.07) is 1.45. The van der Waals surface area contributed by atoms with Gasteiger partial charge in [-0.1, -0.05) is 0 Å². The minimum atomic E-state index is -5.11. The van der Waals surface area contributed by atoms with E-state index in [1.807, 2.05) is 5.32 Å². The Morgan fingerprint density at radius 2 is 1.14 bits per heavy atom. The van der Waals surface area contributed by atoms with Crippen LogP contribution in [0.15, 0.2) is 36.4 Å². The van der Waals surface area contributed by atoms with Crippen molar-refractivity contribution in [1.29, 1.82) is 0 Å². The SMILES string of the molecule is O=C(NCc1cc(C(F)(F)F)cc(C(F)(F)F)c1)c1cc(F)cc(C(F)(F)F)c1. The van der Waals surface area contributed by atoms with Gasteiger partial charge in [0.1, 0.15) is 5.82 Å². The molecular formula is C17H9F10NO. The molecule has 2 aromatic rings. The van der Waals surface area contributed by atoms with Crippen LogP contribution in [0.4, 0.5) is 43.9 Å². The van der Waals surface area contributed by atoms with Gasteiger partial charge in [0.15, 0.2) is 0 Å². The van der Waals surface area contributed by atoms with E-state index >= 15 is 0 Å². The van der Waals surface area contributed by atoms with Crippen molar-refractivity contribution in [2.45, 2.75) is 25.1 Å². The van der Waals surface area contributed by atoms with Crippen molar-refractivity contribution in [3.63, 3.8) is 0 Å². The Balaban J connectivity index is 2.30. The van der Waals surface area contributed by atoms with E-state index < -0.39 is 64.6 Å². The second-order valence-corrected chi connectivity index (χ2v) is 5.82. The maximum atomic E-state index is 13.3. The van der Waals surface area contributed by atoms with Gasteiger partial charge in [0, 0.05) is 12.1 Å². The molecule has 0 aliphatic carbocycles. The van der Waals surface area contributed by atoms with Crippen LogP contribution in [0.2, 0.25) is 0 Å². The first kappa shape index (κ1) is 22.5. The van der Waals surface area contributed by atoms with Crippen molar-refractivity contribution < 1.29 is 48.7 Å². The standard InChI is InChI=1S/C17H9F10NO/c18-13-4-9(3-12(6-13)17(25,26)27)14(29)28-7-8-1-10(15(19,20)21)5-11(2-8)16(22,23)24/h1-6H,7H2,(H,28,29). The molecule has 0 saturated carbocycles. The van der Waals surface area contributed by atoms with Crippen LogP contribution in [0.1, 0.15) is 32.6 Å². The van der Waals surface area contributed by atoms with E-state index in [4.69, 9.17) is 0 Å². The summed E-state index contributed by atoms with van der Waals surface area (Å²) in [5, 5.41) is 1.87. The minimum absolute atomic E-state index is 0.118. The van der Waals surface area contributed by atoms with Gasteiger partial charge < -0.3 is 5.32 Å². The first-order valence-electron chi connectivity index (χ1n) is 7.52. The molecule has 29 heavy (non-hydrogen) atoms. The third-order valence-corrected chi connectivity index (χ3v) is 3.59. The van der Waals surface area contributed by atoms with E-state index in [1.165, 1.54) is 0 Å². The molecular weight excluding hydrogens is 424 g/mol. The van der Waals surface area contributed by atoms with Gasteiger partial charge in [-0.25, -0.2) is 4.39 Å². The molecule has 0 bridgehead atoms. The molecule has 0 aliphatic rings. The molecule has 2 aromatic carbocycles. The number of alkyl halides is 9. The summed E-state index contributed by atoms with van der Waals surface area (Å²) in [7, 11) is 0. The molecule has 1 N–H and O–H groups in total. The lowest BCUT2D eigenvalue weighted by Crippen LogP contribution is -2.24. The van der Waals surface area contributed by atoms with Crippen molar-refractivity contribution in [1.82, 2.24) is 5.32 Å². The van der Waals surface area contributed by atoms with Crippen molar-refractivity contribution in [2.24, 2.45) is 0 Å². The summed E-state index contributed by atoms with van der Waals surface area (Å²) >= 11 is 0. The lowest BCUT2D eigenvalue weighted by molar-refractivity contribution is -0.143. The van der Waals surface area contributed by atoms with Gasteiger partial charge in [0.2, 0.25) is 0 Å². The number of nitrogens with one attached hydrogen (secondary N) is 1. The third-order valence-electron chi connectivity index (χ3n) is 3.59. The predicted molar refractivity (Wildman–Crippen MR) is 79.0 cm³/mol. The molecule has 0 saturated heterocycles. The second kappa shape index (κ2) is 7.56. The zero-order chi connectivity index (χ0) is 22.2. The van der Waals surface area contributed by atoms with Crippen molar-refractivity contribution >= 4 is 5.91 Å². The third kappa shape index (κ3) is 5.84. The fraction of sp³-hybridized carbons (Fsp3) is 0.235. The zero-order valence-corrected chi connectivity index (χ0v) is 13.9. The normalized spacial score (nSPS) is 12.8. The summed E-state index contributed by atoms with van der Waals surface area (Å²) < 4.78 is 128. The molecule has 0 aliphatic heterocycles. The fourth-order valence-corrected chi connectivity index (χ4v) is 2.29. The van der Waals surface area contributed by atoms with E-state index in [9.17, 15) is 48.7 Å².